The molecule has 0 aliphatic heterocycles. The minimum Gasteiger partial charge on any atom is -0.352 e. The Balaban J connectivity index is 1.46. The van der Waals surface area contributed by atoms with Gasteiger partial charge in [-0.25, -0.2) is 0 Å². The van der Waals surface area contributed by atoms with E-state index in [1.165, 1.54) is 70.6 Å². The van der Waals surface area contributed by atoms with Crippen molar-refractivity contribution in [1.82, 2.24) is 0 Å². The maximum Gasteiger partial charge on any atom is 0.210 e. The lowest BCUT2D eigenvalue weighted by molar-refractivity contribution is 0.0972. The summed E-state index contributed by atoms with van der Waals surface area (Å²) in [6.07, 6.45) is 17.4. The van der Waals surface area contributed by atoms with Crippen molar-refractivity contribution in [2.24, 2.45) is 0 Å². The number of carbonyl (C=O) groups is 2. The second kappa shape index (κ2) is 14.6. The number of nitrogens with one attached hydrogen (secondary N) is 1. The van der Waals surface area contributed by atoms with Crippen LogP contribution >= 0.6 is 0 Å². The second-order valence-corrected chi connectivity index (χ2v) is 9.54. The van der Waals surface area contributed by atoms with Crippen molar-refractivity contribution < 1.29 is 9.59 Å². The number of hydrogen-bond donors (Lipinski definition) is 1. The molecule has 0 saturated carbocycles. The Hall–Kier alpha value is -2.68. The Morgan fingerprint density at radius 1 is 0.559 bits per heavy atom. The second-order valence-electron chi connectivity index (χ2n) is 9.54. The maximum absolute atomic E-state index is 13.3. The van der Waals surface area contributed by atoms with E-state index in [9.17, 15) is 9.59 Å². The fraction of sp³-hybridized carbons (Fsp3) is 0.484. The molecule has 1 N–H and O–H groups in total. The monoisotopic (exact) mass is 459 g/mol. The largest absolute Gasteiger partial charge is 0.352 e. The van der Waals surface area contributed by atoms with E-state index in [0.29, 0.717) is 28.8 Å². The molecule has 0 unspecified atom stereocenters. The number of Topliss-reactive ketones (excluding diaryl/α,β-unsaturated/α-hetero) is 2. The van der Waals surface area contributed by atoms with Crippen molar-refractivity contribution in [2.45, 2.75) is 96.8 Å². The lowest BCUT2D eigenvalue weighted by Crippen LogP contribution is -2.26. The van der Waals surface area contributed by atoms with Crippen LogP contribution in [0.3, 0.4) is 0 Å². The van der Waals surface area contributed by atoms with Crippen LogP contribution in [-0.2, 0) is 0 Å². The summed E-state index contributed by atoms with van der Waals surface area (Å²) in [6.45, 7) is 2.27. The molecule has 2 aromatic carbocycles. The number of unbranched alkanes of at least 4 members (excludes halogenated alkanes) is 12. The van der Waals surface area contributed by atoms with E-state index in [2.05, 4.69) is 12.2 Å². The molecule has 0 amide bonds. The molecule has 0 heterocycles. The summed E-state index contributed by atoms with van der Waals surface area (Å²) in [5.41, 5.74) is 2.96. The molecular formula is C31H41NO2. The van der Waals surface area contributed by atoms with Crippen LogP contribution in [0.4, 0.5) is 5.69 Å². The van der Waals surface area contributed by atoms with E-state index in [4.69, 9.17) is 0 Å². The lowest BCUT2D eigenvalue weighted by Gasteiger charge is -2.22. The number of benzene rings is 2. The van der Waals surface area contributed by atoms with E-state index in [1.54, 1.807) is 12.1 Å². The van der Waals surface area contributed by atoms with Gasteiger partial charge in [-0.3, -0.25) is 9.59 Å². The highest BCUT2D eigenvalue weighted by atomic mass is 16.1. The van der Waals surface area contributed by atoms with Crippen LogP contribution in [0.25, 0.3) is 0 Å². The van der Waals surface area contributed by atoms with Crippen molar-refractivity contribution in [2.75, 3.05) is 5.32 Å². The molecule has 3 rings (SSSR count). The van der Waals surface area contributed by atoms with Crippen LogP contribution in [0.15, 0.2) is 65.9 Å². The van der Waals surface area contributed by atoms with Gasteiger partial charge in [-0.05, 0) is 25.0 Å². The fourth-order valence-electron chi connectivity index (χ4n) is 4.78. The SMILES string of the molecule is CCCCCCCCCCCCCCCC1=C(Nc2ccccc2)C(=O)c2ccccc2C1=O. The Bertz CT molecular complexity index is 945. The summed E-state index contributed by atoms with van der Waals surface area (Å²) >= 11 is 0. The van der Waals surface area contributed by atoms with Gasteiger partial charge in [0, 0.05) is 22.4 Å². The minimum absolute atomic E-state index is 0.00688. The van der Waals surface area contributed by atoms with E-state index < -0.39 is 0 Å². The number of para-hydroxylation sites is 1. The third-order valence-electron chi connectivity index (χ3n) is 6.79. The van der Waals surface area contributed by atoms with Gasteiger partial charge in [0.05, 0.1) is 5.70 Å². The van der Waals surface area contributed by atoms with Crippen LogP contribution in [0.1, 0.15) is 118 Å². The van der Waals surface area contributed by atoms with Gasteiger partial charge in [0.25, 0.3) is 0 Å². The first-order valence-electron chi connectivity index (χ1n) is 13.5. The third-order valence-corrected chi connectivity index (χ3v) is 6.79. The van der Waals surface area contributed by atoms with Gasteiger partial charge in [-0.15, -0.1) is 0 Å². The van der Waals surface area contributed by atoms with Crippen molar-refractivity contribution in [1.29, 1.82) is 0 Å². The summed E-state index contributed by atoms with van der Waals surface area (Å²) in [6, 6.07) is 16.8. The van der Waals surface area contributed by atoms with Gasteiger partial charge in [0.2, 0.25) is 5.78 Å². The van der Waals surface area contributed by atoms with Crippen LogP contribution < -0.4 is 5.32 Å². The molecule has 0 atom stereocenters. The van der Waals surface area contributed by atoms with Gasteiger partial charge < -0.3 is 5.32 Å². The molecule has 0 spiro atoms. The average Bonchev–Trinajstić information content (AvgIpc) is 2.87. The predicted molar refractivity (Wildman–Crippen MR) is 143 cm³/mol. The third kappa shape index (κ3) is 7.68. The molecule has 0 aromatic heterocycles. The lowest BCUT2D eigenvalue weighted by atomic mass is 9.84. The number of allylic oxidation sites excluding steroid dienone is 2. The molecule has 34 heavy (non-hydrogen) atoms. The van der Waals surface area contributed by atoms with Gasteiger partial charge in [-0.1, -0.05) is 126 Å². The van der Waals surface area contributed by atoms with Crippen LogP contribution in [-0.4, -0.2) is 11.6 Å². The minimum atomic E-state index is -0.0799. The number of carbonyl (C=O) groups excluding carboxylic acids is 2. The molecule has 2 aromatic rings. The smallest absolute Gasteiger partial charge is 0.210 e. The van der Waals surface area contributed by atoms with E-state index in [-0.39, 0.29) is 11.6 Å². The summed E-state index contributed by atoms with van der Waals surface area (Å²) in [4.78, 5) is 26.5. The topological polar surface area (TPSA) is 46.2 Å². The van der Waals surface area contributed by atoms with Crippen LogP contribution in [0, 0.1) is 0 Å². The molecule has 0 saturated heterocycles. The van der Waals surface area contributed by atoms with Gasteiger partial charge in [0.1, 0.15) is 0 Å². The van der Waals surface area contributed by atoms with Gasteiger partial charge in [-0.2, -0.15) is 0 Å². The molecule has 1 aliphatic carbocycles. The summed E-state index contributed by atoms with van der Waals surface area (Å²) in [5, 5.41) is 3.26. The van der Waals surface area contributed by atoms with Crippen molar-refractivity contribution in [3.8, 4) is 0 Å². The van der Waals surface area contributed by atoms with Crippen molar-refractivity contribution in [3.63, 3.8) is 0 Å². The predicted octanol–water partition coefficient (Wildman–Crippen LogP) is 8.91. The van der Waals surface area contributed by atoms with E-state index >= 15 is 0 Å². The first-order valence-corrected chi connectivity index (χ1v) is 13.5. The Kier molecular flexibility index (Phi) is 11.1. The molecule has 0 radical (unpaired) electrons. The Labute approximate surface area is 206 Å². The number of fused-ring (bicyclic) bond motifs is 1. The van der Waals surface area contributed by atoms with Crippen molar-refractivity contribution in [3.05, 3.63) is 77.0 Å². The van der Waals surface area contributed by atoms with Crippen molar-refractivity contribution >= 4 is 17.3 Å². The maximum atomic E-state index is 13.3. The molecule has 182 valence electrons. The summed E-state index contributed by atoms with van der Waals surface area (Å²) < 4.78 is 0. The van der Waals surface area contributed by atoms with Gasteiger partial charge >= 0.3 is 0 Å². The normalized spacial score (nSPS) is 13.3. The number of hydrogen-bond acceptors (Lipinski definition) is 3. The zero-order valence-electron chi connectivity index (χ0n) is 20.9. The molecular weight excluding hydrogens is 418 g/mol. The highest BCUT2D eigenvalue weighted by Crippen LogP contribution is 2.30. The standard InChI is InChI=1S/C31H41NO2/c1-2-3-4-5-6-7-8-9-10-11-12-13-17-24-28-29(32-25-20-15-14-16-21-25)31(34)27-23-19-18-22-26(27)30(28)33/h14-16,18-23,32H,2-13,17,24H2,1H3. The first-order chi connectivity index (χ1) is 16.7. The van der Waals surface area contributed by atoms with Gasteiger partial charge in [0.15, 0.2) is 5.78 Å². The first kappa shape index (κ1) is 25.9. The number of ketones is 2. The van der Waals surface area contributed by atoms with E-state index in [0.717, 1.165) is 18.5 Å². The average molecular weight is 460 g/mol. The molecule has 3 heteroatoms. The zero-order chi connectivity index (χ0) is 24.0. The molecule has 0 bridgehead atoms. The number of anilines is 1. The fourth-order valence-corrected chi connectivity index (χ4v) is 4.78. The summed E-state index contributed by atoms with van der Waals surface area (Å²) in [5.74, 6) is -0.0867. The van der Waals surface area contributed by atoms with E-state index in [1.807, 2.05) is 42.5 Å². The Morgan fingerprint density at radius 3 is 1.59 bits per heavy atom. The Morgan fingerprint density at radius 2 is 1.03 bits per heavy atom. The quantitative estimate of drug-likeness (QED) is 0.255. The summed E-state index contributed by atoms with van der Waals surface area (Å²) in [7, 11) is 0. The molecule has 3 nitrogen and oxygen atoms in total. The highest BCUT2D eigenvalue weighted by Gasteiger charge is 2.31. The van der Waals surface area contributed by atoms with Crippen LogP contribution in [0.2, 0.25) is 0 Å². The number of rotatable bonds is 16. The highest BCUT2D eigenvalue weighted by molar-refractivity contribution is 6.27. The zero-order valence-corrected chi connectivity index (χ0v) is 20.9. The molecule has 0 fully saturated rings. The van der Waals surface area contributed by atoms with Crippen LogP contribution in [0.5, 0.6) is 0 Å². The molecule has 1 aliphatic rings.